The van der Waals surface area contributed by atoms with Crippen LogP contribution in [-0.4, -0.2) is 30.8 Å². The Balaban J connectivity index is 2.08. The van der Waals surface area contributed by atoms with E-state index in [0.717, 1.165) is 29.7 Å². The van der Waals surface area contributed by atoms with Gasteiger partial charge in [-0.1, -0.05) is 6.07 Å². The predicted molar refractivity (Wildman–Crippen MR) is 84.2 cm³/mol. The smallest absolute Gasteiger partial charge is 0.244 e. The van der Waals surface area contributed by atoms with Crippen LogP contribution in [0.3, 0.4) is 0 Å². The molecule has 9 heteroatoms. The molecule has 0 radical (unpaired) electrons. The molecule has 1 aromatic carbocycles. The van der Waals surface area contributed by atoms with Gasteiger partial charge < -0.3 is 5.32 Å². The van der Waals surface area contributed by atoms with Crippen molar-refractivity contribution in [2.75, 3.05) is 11.6 Å². The lowest BCUT2D eigenvalue weighted by Crippen LogP contribution is -2.31. The molecule has 1 amide bonds. The van der Waals surface area contributed by atoms with Crippen LogP contribution in [0.25, 0.3) is 0 Å². The van der Waals surface area contributed by atoms with E-state index in [9.17, 15) is 22.0 Å². The SMILES string of the molecule is C[C@H](C(=O)Nc1ncc(Cc2ccc(F)cc2F)s1)S(C)(=O)=O. The number of halogens is 2. The summed E-state index contributed by atoms with van der Waals surface area (Å²) in [4.78, 5) is 16.4. The Kier molecular flexibility index (Phi) is 5.10. The van der Waals surface area contributed by atoms with Crippen molar-refractivity contribution in [2.24, 2.45) is 0 Å². The number of benzene rings is 1. The van der Waals surface area contributed by atoms with E-state index >= 15 is 0 Å². The lowest BCUT2D eigenvalue weighted by Gasteiger charge is -2.07. The first-order chi connectivity index (χ1) is 10.7. The summed E-state index contributed by atoms with van der Waals surface area (Å²) in [6, 6.07) is 3.30. The number of carbonyl (C=O) groups excluding carboxylic acids is 1. The van der Waals surface area contributed by atoms with Crippen molar-refractivity contribution in [3.8, 4) is 0 Å². The number of carbonyl (C=O) groups is 1. The third-order valence-electron chi connectivity index (χ3n) is 3.17. The van der Waals surface area contributed by atoms with Crippen LogP contribution in [0.4, 0.5) is 13.9 Å². The van der Waals surface area contributed by atoms with Crippen molar-refractivity contribution in [1.82, 2.24) is 4.98 Å². The zero-order valence-corrected chi connectivity index (χ0v) is 14.0. The Bertz CT molecular complexity index is 834. The summed E-state index contributed by atoms with van der Waals surface area (Å²) in [6.07, 6.45) is 2.62. The van der Waals surface area contributed by atoms with Crippen molar-refractivity contribution in [1.29, 1.82) is 0 Å². The molecule has 0 aliphatic rings. The molecular formula is C14H14F2N2O3S2. The van der Waals surface area contributed by atoms with E-state index in [4.69, 9.17) is 0 Å². The van der Waals surface area contributed by atoms with Crippen LogP contribution in [0.15, 0.2) is 24.4 Å². The fraction of sp³-hybridized carbons (Fsp3) is 0.286. The van der Waals surface area contributed by atoms with Crippen LogP contribution < -0.4 is 5.32 Å². The molecule has 124 valence electrons. The number of sulfone groups is 1. The van der Waals surface area contributed by atoms with Crippen molar-refractivity contribution >= 4 is 32.2 Å². The molecule has 2 aromatic rings. The van der Waals surface area contributed by atoms with E-state index in [1.807, 2.05) is 0 Å². The molecule has 0 aliphatic heterocycles. The second kappa shape index (κ2) is 6.71. The first-order valence-corrected chi connectivity index (χ1v) is 9.32. The Morgan fingerprint density at radius 3 is 2.70 bits per heavy atom. The van der Waals surface area contributed by atoms with Crippen molar-refractivity contribution in [2.45, 2.75) is 18.6 Å². The second-order valence-corrected chi connectivity index (χ2v) is 8.49. The molecule has 0 spiro atoms. The zero-order chi connectivity index (χ0) is 17.2. The highest BCUT2D eigenvalue weighted by Gasteiger charge is 2.24. The molecule has 23 heavy (non-hydrogen) atoms. The Morgan fingerprint density at radius 2 is 2.09 bits per heavy atom. The van der Waals surface area contributed by atoms with Gasteiger partial charge >= 0.3 is 0 Å². The topological polar surface area (TPSA) is 76.1 Å². The van der Waals surface area contributed by atoms with E-state index in [1.54, 1.807) is 0 Å². The Labute approximate surface area is 136 Å². The number of rotatable bonds is 5. The van der Waals surface area contributed by atoms with Gasteiger partial charge in [-0.25, -0.2) is 22.2 Å². The second-order valence-electron chi connectivity index (χ2n) is 5.01. The highest BCUT2D eigenvalue weighted by atomic mass is 32.2. The van der Waals surface area contributed by atoms with Crippen molar-refractivity contribution < 1.29 is 22.0 Å². The molecule has 0 saturated heterocycles. The minimum atomic E-state index is -3.49. The summed E-state index contributed by atoms with van der Waals surface area (Å²) in [6.45, 7) is 1.28. The van der Waals surface area contributed by atoms with Gasteiger partial charge in [0.05, 0.1) is 0 Å². The number of hydrogen-bond acceptors (Lipinski definition) is 5. The van der Waals surface area contributed by atoms with E-state index in [2.05, 4.69) is 10.3 Å². The maximum absolute atomic E-state index is 13.6. The molecule has 0 unspecified atom stereocenters. The number of nitrogens with one attached hydrogen (secondary N) is 1. The van der Waals surface area contributed by atoms with Crippen LogP contribution in [0.2, 0.25) is 0 Å². The normalized spacial score (nSPS) is 12.9. The van der Waals surface area contributed by atoms with Crippen LogP contribution in [0.1, 0.15) is 17.4 Å². The maximum Gasteiger partial charge on any atom is 0.244 e. The zero-order valence-electron chi connectivity index (χ0n) is 12.3. The highest BCUT2D eigenvalue weighted by molar-refractivity contribution is 7.92. The van der Waals surface area contributed by atoms with Gasteiger partial charge in [-0.3, -0.25) is 4.79 Å². The van der Waals surface area contributed by atoms with Gasteiger partial charge in [-0.05, 0) is 18.6 Å². The van der Waals surface area contributed by atoms with E-state index in [0.29, 0.717) is 10.4 Å². The van der Waals surface area contributed by atoms with Crippen molar-refractivity contribution in [3.63, 3.8) is 0 Å². The summed E-state index contributed by atoms with van der Waals surface area (Å²) in [5.41, 5.74) is 0.303. The number of amides is 1. The van der Waals surface area contributed by atoms with Gasteiger partial charge in [0.2, 0.25) is 5.91 Å². The fourth-order valence-electron chi connectivity index (χ4n) is 1.70. The van der Waals surface area contributed by atoms with Gasteiger partial charge in [0.25, 0.3) is 0 Å². The van der Waals surface area contributed by atoms with Gasteiger partial charge in [0.15, 0.2) is 15.0 Å². The average molecular weight is 360 g/mol. The third kappa shape index (κ3) is 4.55. The number of anilines is 1. The molecule has 1 atom stereocenters. The molecule has 1 N–H and O–H groups in total. The van der Waals surface area contributed by atoms with Gasteiger partial charge in [0, 0.05) is 29.8 Å². The lowest BCUT2D eigenvalue weighted by atomic mass is 10.1. The molecule has 2 rings (SSSR count). The van der Waals surface area contributed by atoms with Crippen LogP contribution in [0, 0.1) is 11.6 Å². The fourth-order valence-corrected chi connectivity index (χ4v) is 2.99. The monoisotopic (exact) mass is 360 g/mol. The first kappa shape index (κ1) is 17.5. The predicted octanol–water partition coefficient (Wildman–Crippen LogP) is 2.38. The number of thiazole rings is 1. The van der Waals surface area contributed by atoms with E-state index in [-0.39, 0.29) is 11.6 Å². The summed E-state index contributed by atoms with van der Waals surface area (Å²) < 4.78 is 49.1. The number of aromatic nitrogens is 1. The summed E-state index contributed by atoms with van der Waals surface area (Å²) in [5.74, 6) is -1.99. The van der Waals surface area contributed by atoms with Gasteiger partial charge in [0.1, 0.15) is 16.9 Å². The molecule has 0 aliphatic carbocycles. The largest absolute Gasteiger partial charge is 0.301 e. The lowest BCUT2D eigenvalue weighted by molar-refractivity contribution is -0.115. The molecule has 0 bridgehead atoms. The highest BCUT2D eigenvalue weighted by Crippen LogP contribution is 2.23. The average Bonchev–Trinajstić information content (AvgIpc) is 2.87. The molecule has 0 fully saturated rings. The molecule has 1 heterocycles. The summed E-state index contributed by atoms with van der Waals surface area (Å²) >= 11 is 1.10. The minimum absolute atomic E-state index is 0.196. The van der Waals surface area contributed by atoms with Gasteiger partial charge in [-0.2, -0.15) is 0 Å². The molecular weight excluding hydrogens is 346 g/mol. The molecule has 5 nitrogen and oxygen atoms in total. The molecule has 0 saturated carbocycles. The van der Waals surface area contributed by atoms with E-state index < -0.39 is 32.6 Å². The minimum Gasteiger partial charge on any atom is -0.301 e. The Morgan fingerprint density at radius 1 is 1.39 bits per heavy atom. The summed E-state index contributed by atoms with van der Waals surface area (Å²) in [5, 5.41) is 1.45. The first-order valence-electron chi connectivity index (χ1n) is 6.55. The maximum atomic E-state index is 13.6. The van der Waals surface area contributed by atoms with Crippen LogP contribution >= 0.6 is 11.3 Å². The third-order valence-corrected chi connectivity index (χ3v) is 5.59. The Hall–Kier alpha value is -1.87. The van der Waals surface area contributed by atoms with E-state index in [1.165, 1.54) is 19.2 Å². The van der Waals surface area contributed by atoms with Crippen LogP contribution in [-0.2, 0) is 21.1 Å². The van der Waals surface area contributed by atoms with Crippen molar-refractivity contribution in [3.05, 3.63) is 46.5 Å². The van der Waals surface area contributed by atoms with Gasteiger partial charge in [-0.15, -0.1) is 11.3 Å². The van der Waals surface area contributed by atoms with Crippen LogP contribution in [0.5, 0.6) is 0 Å². The molecule has 1 aromatic heterocycles. The quantitative estimate of drug-likeness (QED) is 0.888. The number of hydrogen-bond donors (Lipinski definition) is 1. The number of nitrogens with zero attached hydrogens (tertiary/aromatic N) is 1. The summed E-state index contributed by atoms with van der Waals surface area (Å²) in [7, 11) is -3.49. The standard InChI is InChI=1S/C14H14F2N2O3S2/c1-8(23(2,20)21)13(19)18-14-17-7-11(22-14)5-9-3-4-10(15)6-12(9)16/h3-4,6-8H,5H2,1-2H3,(H,17,18,19)/t8-/m1/s1.